The van der Waals surface area contributed by atoms with E-state index >= 15 is 0 Å². The lowest BCUT2D eigenvalue weighted by Crippen LogP contribution is -2.36. The molecule has 2 aromatic rings. The highest BCUT2D eigenvalue weighted by atomic mass is 19.1. The summed E-state index contributed by atoms with van der Waals surface area (Å²) in [6, 6.07) is 9.96. The van der Waals surface area contributed by atoms with E-state index in [0.29, 0.717) is 11.1 Å². The van der Waals surface area contributed by atoms with Gasteiger partial charge in [0.1, 0.15) is 11.6 Å². The summed E-state index contributed by atoms with van der Waals surface area (Å²) in [5.74, 6) is -1.48. The van der Waals surface area contributed by atoms with Gasteiger partial charge in [-0.05, 0) is 41.3 Å². The van der Waals surface area contributed by atoms with Crippen molar-refractivity contribution in [3.05, 3.63) is 59.7 Å². The third-order valence-corrected chi connectivity index (χ3v) is 4.46. The summed E-state index contributed by atoms with van der Waals surface area (Å²) in [4.78, 5) is 12.1. The van der Waals surface area contributed by atoms with E-state index in [1.54, 1.807) is 18.2 Å². The Hall–Kier alpha value is -2.27. The molecular weight excluding hydrogens is 324 g/mol. The number of nitrogens with one attached hydrogen (secondary N) is 1. The molecule has 134 valence electrons. The third kappa shape index (κ3) is 4.86. The molecule has 1 amide bonds. The zero-order valence-corrected chi connectivity index (χ0v) is 14.4. The van der Waals surface area contributed by atoms with Crippen LogP contribution in [0.3, 0.4) is 0 Å². The van der Waals surface area contributed by atoms with E-state index in [1.807, 2.05) is 13.8 Å². The van der Waals surface area contributed by atoms with E-state index in [4.69, 9.17) is 0 Å². The molecule has 0 aliphatic rings. The van der Waals surface area contributed by atoms with Crippen molar-refractivity contribution in [3.8, 4) is 11.1 Å². The Kier molecular flexibility index (Phi) is 6.65. The summed E-state index contributed by atoms with van der Waals surface area (Å²) in [7, 11) is 0. The van der Waals surface area contributed by atoms with E-state index in [-0.39, 0.29) is 23.8 Å². The fourth-order valence-corrected chi connectivity index (χ4v) is 2.81. The van der Waals surface area contributed by atoms with Gasteiger partial charge in [0.25, 0.3) is 5.91 Å². The third-order valence-electron chi connectivity index (χ3n) is 4.46. The second-order valence-corrected chi connectivity index (χ2v) is 6.06. The number of hydrogen-bond donors (Lipinski definition) is 2. The number of aliphatic hydroxyl groups excluding tert-OH is 1. The molecule has 1 atom stereocenters. The van der Waals surface area contributed by atoms with E-state index in [1.165, 1.54) is 24.3 Å². The quantitative estimate of drug-likeness (QED) is 0.790. The molecule has 0 aliphatic heterocycles. The molecule has 0 saturated carbocycles. The minimum atomic E-state index is -0.656. The standard InChI is InChI=1S/C20H23F2NO2/c1-3-13(4-2)19(24)12-23-20(25)17-10-7-15(11-18(17)22)14-5-8-16(21)9-6-14/h5-11,13,19,24H,3-4,12H2,1-2H3,(H,23,25). The van der Waals surface area contributed by atoms with Gasteiger partial charge in [0.05, 0.1) is 11.7 Å². The van der Waals surface area contributed by atoms with Crippen molar-refractivity contribution in [2.45, 2.75) is 32.8 Å². The van der Waals surface area contributed by atoms with Crippen LogP contribution in [0.5, 0.6) is 0 Å². The lowest BCUT2D eigenvalue weighted by molar-refractivity contribution is 0.0813. The first-order valence-corrected chi connectivity index (χ1v) is 8.48. The van der Waals surface area contributed by atoms with E-state index < -0.39 is 17.8 Å². The number of rotatable bonds is 7. The molecule has 2 rings (SSSR count). The van der Waals surface area contributed by atoms with E-state index in [9.17, 15) is 18.7 Å². The topological polar surface area (TPSA) is 49.3 Å². The summed E-state index contributed by atoms with van der Waals surface area (Å²) in [6.45, 7) is 4.05. The lowest BCUT2D eigenvalue weighted by atomic mass is 9.96. The molecule has 25 heavy (non-hydrogen) atoms. The molecule has 0 radical (unpaired) electrons. The summed E-state index contributed by atoms with van der Waals surface area (Å²) in [5, 5.41) is 12.6. The average molecular weight is 347 g/mol. The molecule has 0 saturated heterocycles. The first-order valence-electron chi connectivity index (χ1n) is 8.48. The van der Waals surface area contributed by atoms with Crippen LogP contribution < -0.4 is 5.32 Å². The van der Waals surface area contributed by atoms with Gasteiger partial charge in [-0.25, -0.2) is 8.78 Å². The van der Waals surface area contributed by atoms with Crippen LogP contribution >= 0.6 is 0 Å². The normalized spacial score (nSPS) is 12.2. The molecule has 0 bridgehead atoms. The second kappa shape index (κ2) is 8.72. The maximum atomic E-state index is 14.3. The van der Waals surface area contributed by atoms with Crippen LogP contribution in [0.2, 0.25) is 0 Å². The fourth-order valence-electron chi connectivity index (χ4n) is 2.81. The molecule has 0 spiro atoms. The molecular formula is C20H23F2NO2. The van der Waals surface area contributed by atoms with Gasteiger partial charge >= 0.3 is 0 Å². The van der Waals surface area contributed by atoms with Crippen molar-refractivity contribution < 1.29 is 18.7 Å². The van der Waals surface area contributed by atoms with Crippen molar-refractivity contribution in [1.29, 1.82) is 0 Å². The Labute approximate surface area is 146 Å². The van der Waals surface area contributed by atoms with Crippen LogP contribution in [0.15, 0.2) is 42.5 Å². The zero-order valence-electron chi connectivity index (χ0n) is 14.4. The largest absolute Gasteiger partial charge is 0.391 e. The first-order chi connectivity index (χ1) is 12.0. The molecule has 2 aromatic carbocycles. The summed E-state index contributed by atoms with van der Waals surface area (Å²) in [6.07, 6.45) is 0.975. The van der Waals surface area contributed by atoms with Crippen molar-refractivity contribution >= 4 is 5.91 Å². The number of aliphatic hydroxyl groups is 1. The van der Waals surface area contributed by atoms with Crippen LogP contribution in [-0.4, -0.2) is 23.7 Å². The van der Waals surface area contributed by atoms with Gasteiger partial charge in [0.2, 0.25) is 0 Å². The predicted molar refractivity (Wildman–Crippen MR) is 94.2 cm³/mol. The SMILES string of the molecule is CCC(CC)C(O)CNC(=O)c1ccc(-c2ccc(F)cc2)cc1F. The molecule has 0 fully saturated rings. The smallest absolute Gasteiger partial charge is 0.254 e. The Morgan fingerprint density at radius 3 is 2.20 bits per heavy atom. The number of benzene rings is 2. The molecule has 1 unspecified atom stereocenters. The fraction of sp³-hybridized carbons (Fsp3) is 0.350. The van der Waals surface area contributed by atoms with Crippen LogP contribution in [-0.2, 0) is 0 Å². The monoisotopic (exact) mass is 347 g/mol. The Bertz CT molecular complexity index is 712. The summed E-state index contributed by atoms with van der Waals surface area (Å²) >= 11 is 0. The van der Waals surface area contributed by atoms with Crippen LogP contribution in [0.25, 0.3) is 11.1 Å². The molecule has 0 heterocycles. The summed E-state index contributed by atoms with van der Waals surface area (Å²) in [5.41, 5.74) is 1.14. The Balaban J connectivity index is 2.07. The van der Waals surface area contributed by atoms with Crippen LogP contribution in [0.4, 0.5) is 8.78 Å². The number of carbonyl (C=O) groups excluding carboxylic acids is 1. The maximum absolute atomic E-state index is 14.3. The minimum absolute atomic E-state index is 0.0809. The van der Waals surface area contributed by atoms with Gasteiger partial charge in [0.15, 0.2) is 0 Å². The van der Waals surface area contributed by atoms with Gasteiger partial charge in [-0.2, -0.15) is 0 Å². The van der Waals surface area contributed by atoms with Crippen molar-refractivity contribution in [3.63, 3.8) is 0 Å². The van der Waals surface area contributed by atoms with Crippen molar-refractivity contribution in [2.75, 3.05) is 6.54 Å². The highest BCUT2D eigenvalue weighted by Crippen LogP contribution is 2.22. The van der Waals surface area contributed by atoms with Crippen molar-refractivity contribution in [1.82, 2.24) is 5.32 Å². The highest BCUT2D eigenvalue weighted by molar-refractivity contribution is 5.95. The summed E-state index contributed by atoms with van der Waals surface area (Å²) < 4.78 is 27.2. The molecule has 0 aliphatic carbocycles. The highest BCUT2D eigenvalue weighted by Gasteiger charge is 2.18. The van der Waals surface area contributed by atoms with Gasteiger partial charge in [-0.15, -0.1) is 0 Å². The Morgan fingerprint density at radius 1 is 1.04 bits per heavy atom. The van der Waals surface area contributed by atoms with Crippen LogP contribution in [0.1, 0.15) is 37.0 Å². The van der Waals surface area contributed by atoms with Gasteiger partial charge in [0, 0.05) is 6.54 Å². The molecule has 0 aromatic heterocycles. The molecule has 3 nitrogen and oxygen atoms in total. The lowest BCUT2D eigenvalue weighted by Gasteiger charge is -2.20. The van der Waals surface area contributed by atoms with Gasteiger partial charge in [-0.3, -0.25) is 4.79 Å². The minimum Gasteiger partial charge on any atom is -0.391 e. The second-order valence-electron chi connectivity index (χ2n) is 6.06. The van der Waals surface area contributed by atoms with Gasteiger partial charge in [-0.1, -0.05) is 44.9 Å². The van der Waals surface area contributed by atoms with E-state index in [2.05, 4.69) is 5.32 Å². The molecule has 5 heteroatoms. The van der Waals surface area contributed by atoms with Crippen molar-refractivity contribution in [2.24, 2.45) is 5.92 Å². The predicted octanol–water partition coefficient (Wildman–Crippen LogP) is 4.16. The van der Waals surface area contributed by atoms with Gasteiger partial charge < -0.3 is 10.4 Å². The van der Waals surface area contributed by atoms with Crippen LogP contribution in [0, 0.1) is 17.6 Å². The number of halogens is 2. The average Bonchev–Trinajstić information content (AvgIpc) is 2.61. The molecule has 2 N–H and O–H groups in total. The Morgan fingerprint density at radius 2 is 1.64 bits per heavy atom. The first kappa shape index (κ1) is 19.1. The number of hydrogen-bond acceptors (Lipinski definition) is 2. The number of amides is 1. The van der Waals surface area contributed by atoms with E-state index in [0.717, 1.165) is 12.8 Å². The number of carbonyl (C=O) groups is 1. The zero-order chi connectivity index (χ0) is 18.4. The maximum Gasteiger partial charge on any atom is 0.254 e.